The molecule has 1 amide bonds. The number of benzene rings is 1. The van der Waals surface area contributed by atoms with Gasteiger partial charge in [0.1, 0.15) is 12.0 Å². The van der Waals surface area contributed by atoms with E-state index in [4.69, 9.17) is 23.2 Å². The van der Waals surface area contributed by atoms with Gasteiger partial charge in [0, 0.05) is 22.2 Å². The van der Waals surface area contributed by atoms with E-state index in [2.05, 4.69) is 20.6 Å². The van der Waals surface area contributed by atoms with Crippen LogP contribution in [-0.2, 0) is 0 Å². The van der Waals surface area contributed by atoms with Gasteiger partial charge in [-0.15, -0.1) is 10.2 Å². The minimum absolute atomic E-state index is 0.00322. The van der Waals surface area contributed by atoms with Crippen LogP contribution in [0.5, 0.6) is 0 Å². The van der Waals surface area contributed by atoms with Crippen LogP contribution in [0.25, 0.3) is 16.8 Å². The zero-order chi connectivity index (χ0) is 16.6. The summed E-state index contributed by atoms with van der Waals surface area (Å²) in [4.78, 5) is 12.3. The van der Waals surface area contributed by atoms with Gasteiger partial charge in [0.15, 0.2) is 5.65 Å². The number of carbonyl (C=O) groups is 1. The number of carbonyl (C=O) groups excluding carboxylic acids is 1. The van der Waals surface area contributed by atoms with Crippen LogP contribution in [0.15, 0.2) is 30.6 Å². The van der Waals surface area contributed by atoms with Crippen molar-refractivity contribution in [3.05, 3.63) is 46.3 Å². The van der Waals surface area contributed by atoms with Crippen molar-refractivity contribution in [2.45, 2.75) is 19.9 Å². The molecule has 1 N–H and O–H groups in total. The first-order chi connectivity index (χ1) is 11.0. The lowest BCUT2D eigenvalue weighted by Gasteiger charge is -2.10. The summed E-state index contributed by atoms with van der Waals surface area (Å²) in [6, 6.07) is 6.79. The zero-order valence-corrected chi connectivity index (χ0v) is 13.9. The summed E-state index contributed by atoms with van der Waals surface area (Å²) in [7, 11) is 0. The van der Waals surface area contributed by atoms with Crippen molar-refractivity contribution in [1.29, 1.82) is 0 Å². The highest BCUT2D eigenvalue weighted by atomic mass is 35.5. The SMILES string of the molecule is CC(C)NC(=O)c1cc(-c2ccc(Cl)cc2Cl)c2nncn2n1. The van der Waals surface area contributed by atoms with Crippen LogP contribution in [0.3, 0.4) is 0 Å². The second kappa shape index (κ2) is 6.14. The summed E-state index contributed by atoms with van der Waals surface area (Å²) in [5.74, 6) is -0.276. The molecule has 0 atom stereocenters. The van der Waals surface area contributed by atoms with E-state index in [1.807, 2.05) is 13.8 Å². The van der Waals surface area contributed by atoms with Crippen molar-refractivity contribution in [1.82, 2.24) is 25.1 Å². The van der Waals surface area contributed by atoms with Crippen molar-refractivity contribution < 1.29 is 4.79 Å². The van der Waals surface area contributed by atoms with Crippen molar-refractivity contribution >= 4 is 34.8 Å². The van der Waals surface area contributed by atoms with E-state index >= 15 is 0 Å². The normalized spacial score (nSPS) is 11.2. The number of amides is 1. The molecule has 0 saturated carbocycles. The summed E-state index contributed by atoms with van der Waals surface area (Å²) in [6.07, 6.45) is 1.44. The molecule has 0 fully saturated rings. The Bertz CT molecular complexity index is 891. The number of fused-ring (bicyclic) bond motifs is 1. The smallest absolute Gasteiger partial charge is 0.271 e. The first kappa shape index (κ1) is 15.7. The molecule has 0 aliphatic rings. The third kappa shape index (κ3) is 3.13. The number of hydrogen-bond acceptors (Lipinski definition) is 4. The monoisotopic (exact) mass is 349 g/mol. The molecular formula is C15H13Cl2N5O. The van der Waals surface area contributed by atoms with Crippen LogP contribution in [-0.4, -0.2) is 31.8 Å². The molecule has 0 saturated heterocycles. The van der Waals surface area contributed by atoms with Crippen molar-refractivity contribution in [3.8, 4) is 11.1 Å². The van der Waals surface area contributed by atoms with Crippen LogP contribution < -0.4 is 5.32 Å². The van der Waals surface area contributed by atoms with Gasteiger partial charge in [0.05, 0.1) is 5.02 Å². The van der Waals surface area contributed by atoms with Crippen LogP contribution in [0.2, 0.25) is 10.0 Å². The molecule has 0 spiro atoms. The Hall–Kier alpha value is -2.18. The Balaban J connectivity index is 2.19. The maximum Gasteiger partial charge on any atom is 0.271 e. The van der Waals surface area contributed by atoms with Gasteiger partial charge in [-0.25, -0.2) is 0 Å². The summed E-state index contributed by atoms with van der Waals surface area (Å²) >= 11 is 12.2. The van der Waals surface area contributed by atoms with E-state index < -0.39 is 0 Å². The molecule has 0 aliphatic carbocycles. The van der Waals surface area contributed by atoms with Crippen LogP contribution in [0.4, 0.5) is 0 Å². The lowest BCUT2D eigenvalue weighted by atomic mass is 10.1. The van der Waals surface area contributed by atoms with E-state index in [0.29, 0.717) is 26.8 Å². The lowest BCUT2D eigenvalue weighted by molar-refractivity contribution is 0.0937. The molecular weight excluding hydrogens is 337 g/mol. The van der Waals surface area contributed by atoms with Gasteiger partial charge >= 0.3 is 0 Å². The van der Waals surface area contributed by atoms with E-state index in [1.54, 1.807) is 24.3 Å². The van der Waals surface area contributed by atoms with Crippen LogP contribution in [0, 0.1) is 0 Å². The van der Waals surface area contributed by atoms with E-state index in [9.17, 15) is 4.79 Å². The maximum atomic E-state index is 12.3. The molecule has 0 aliphatic heterocycles. The number of aromatic nitrogens is 4. The number of rotatable bonds is 3. The Morgan fingerprint density at radius 1 is 1.22 bits per heavy atom. The van der Waals surface area contributed by atoms with Gasteiger partial charge in [0.25, 0.3) is 5.91 Å². The minimum Gasteiger partial charge on any atom is -0.348 e. The van der Waals surface area contributed by atoms with Gasteiger partial charge in [-0.1, -0.05) is 29.3 Å². The first-order valence-corrected chi connectivity index (χ1v) is 7.68. The topological polar surface area (TPSA) is 72.2 Å². The standard InChI is InChI=1S/C15H13Cl2N5O/c1-8(2)19-15(23)13-6-11(14-20-18-7-22(14)21-13)10-4-3-9(16)5-12(10)17/h3-8H,1-2H3,(H,19,23). The van der Waals surface area contributed by atoms with Crippen molar-refractivity contribution in [2.24, 2.45) is 0 Å². The van der Waals surface area contributed by atoms with Gasteiger partial charge in [-0.2, -0.15) is 9.61 Å². The minimum atomic E-state index is -0.276. The van der Waals surface area contributed by atoms with Crippen molar-refractivity contribution in [3.63, 3.8) is 0 Å². The summed E-state index contributed by atoms with van der Waals surface area (Å²) in [5, 5.41) is 15.9. The molecule has 0 radical (unpaired) electrons. The number of nitrogens with one attached hydrogen (secondary N) is 1. The fraction of sp³-hybridized carbons (Fsp3) is 0.200. The average Bonchev–Trinajstić information content (AvgIpc) is 2.94. The molecule has 23 heavy (non-hydrogen) atoms. The van der Waals surface area contributed by atoms with Gasteiger partial charge < -0.3 is 5.32 Å². The summed E-state index contributed by atoms with van der Waals surface area (Å²) < 4.78 is 1.45. The Kier molecular flexibility index (Phi) is 4.19. The third-order valence-electron chi connectivity index (χ3n) is 3.14. The van der Waals surface area contributed by atoms with E-state index in [-0.39, 0.29) is 17.6 Å². The molecule has 118 valence electrons. The Labute approximate surface area is 142 Å². The van der Waals surface area contributed by atoms with Gasteiger partial charge in [-0.3, -0.25) is 4.79 Å². The number of nitrogens with zero attached hydrogens (tertiary/aromatic N) is 4. The van der Waals surface area contributed by atoms with E-state index in [0.717, 1.165) is 0 Å². The highest BCUT2D eigenvalue weighted by Gasteiger charge is 2.17. The van der Waals surface area contributed by atoms with Crippen molar-refractivity contribution in [2.75, 3.05) is 0 Å². The van der Waals surface area contributed by atoms with Gasteiger partial charge in [-0.05, 0) is 32.0 Å². The molecule has 3 aromatic rings. The number of halogens is 2. The molecule has 8 heteroatoms. The highest BCUT2D eigenvalue weighted by molar-refractivity contribution is 6.36. The predicted molar refractivity (Wildman–Crippen MR) is 88.8 cm³/mol. The first-order valence-electron chi connectivity index (χ1n) is 6.93. The van der Waals surface area contributed by atoms with Crippen LogP contribution in [0.1, 0.15) is 24.3 Å². The lowest BCUT2D eigenvalue weighted by Crippen LogP contribution is -2.31. The highest BCUT2D eigenvalue weighted by Crippen LogP contribution is 2.32. The zero-order valence-electron chi connectivity index (χ0n) is 12.4. The molecule has 2 aromatic heterocycles. The largest absolute Gasteiger partial charge is 0.348 e. The molecule has 1 aromatic carbocycles. The molecule has 6 nitrogen and oxygen atoms in total. The maximum absolute atomic E-state index is 12.3. The molecule has 2 heterocycles. The fourth-order valence-electron chi connectivity index (χ4n) is 2.18. The summed E-state index contributed by atoms with van der Waals surface area (Å²) in [5.41, 5.74) is 2.13. The average molecular weight is 350 g/mol. The predicted octanol–water partition coefficient (Wildman–Crippen LogP) is 3.24. The molecule has 0 unspecified atom stereocenters. The van der Waals surface area contributed by atoms with E-state index in [1.165, 1.54) is 10.8 Å². The second-order valence-electron chi connectivity index (χ2n) is 5.29. The fourth-order valence-corrected chi connectivity index (χ4v) is 2.69. The number of hydrogen-bond donors (Lipinski definition) is 1. The van der Waals surface area contributed by atoms with Gasteiger partial charge in [0.2, 0.25) is 0 Å². The van der Waals surface area contributed by atoms with Crippen LogP contribution >= 0.6 is 23.2 Å². The summed E-state index contributed by atoms with van der Waals surface area (Å²) in [6.45, 7) is 3.76. The quantitative estimate of drug-likeness (QED) is 0.787. The molecule has 3 rings (SSSR count). The second-order valence-corrected chi connectivity index (χ2v) is 6.14. The third-order valence-corrected chi connectivity index (χ3v) is 3.69. The Morgan fingerprint density at radius 2 is 2.00 bits per heavy atom. The Morgan fingerprint density at radius 3 is 2.70 bits per heavy atom. The molecule has 0 bridgehead atoms.